The highest BCUT2D eigenvalue weighted by atomic mass is 32.2. The first kappa shape index (κ1) is 13.3. The van der Waals surface area contributed by atoms with Crippen molar-refractivity contribution in [3.63, 3.8) is 0 Å². The highest BCUT2D eigenvalue weighted by Gasteiger charge is 2.24. The van der Waals surface area contributed by atoms with Crippen molar-refractivity contribution in [3.8, 4) is 0 Å². The van der Waals surface area contributed by atoms with E-state index in [1.165, 1.54) is 0 Å². The minimum Gasteiger partial charge on any atom is -0.227 e. The van der Waals surface area contributed by atoms with Crippen LogP contribution in [0.15, 0.2) is 25.3 Å². The first-order valence-corrected chi connectivity index (χ1v) is 6.74. The molecule has 1 unspecified atom stereocenters. The monoisotopic (exact) mass is 240 g/mol. The van der Waals surface area contributed by atoms with Crippen LogP contribution in [0.5, 0.6) is 0 Å². The molecular formula is C6H12N2O4S2. The van der Waals surface area contributed by atoms with Crippen molar-refractivity contribution < 1.29 is 16.8 Å². The smallest absolute Gasteiger partial charge is 0.227 e. The summed E-state index contributed by atoms with van der Waals surface area (Å²) in [4.78, 5) is 0. The van der Waals surface area contributed by atoms with E-state index in [2.05, 4.69) is 18.3 Å². The topological polar surface area (TPSA) is 106 Å². The van der Waals surface area contributed by atoms with Gasteiger partial charge >= 0.3 is 0 Å². The van der Waals surface area contributed by atoms with Crippen molar-refractivity contribution in [1.29, 1.82) is 0 Å². The molecule has 0 rings (SSSR count). The molecule has 0 aliphatic carbocycles. The summed E-state index contributed by atoms with van der Waals surface area (Å²) in [5.41, 5.74) is 0. The largest absolute Gasteiger partial charge is 0.275 e. The first-order valence-electron chi connectivity index (χ1n) is 3.48. The van der Waals surface area contributed by atoms with Gasteiger partial charge in [-0.2, -0.15) is 13.1 Å². The second-order valence-electron chi connectivity index (χ2n) is 2.44. The van der Waals surface area contributed by atoms with E-state index in [1.807, 2.05) is 0 Å². The van der Waals surface area contributed by atoms with Crippen molar-refractivity contribution in [2.45, 2.75) is 5.37 Å². The molecule has 0 amide bonds. The Labute approximate surface area is 83.6 Å². The van der Waals surface area contributed by atoms with Crippen molar-refractivity contribution in [1.82, 2.24) is 4.72 Å². The van der Waals surface area contributed by atoms with Crippen molar-refractivity contribution in [3.05, 3.63) is 25.3 Å². The van der Waals surface area contributed by atoms with Crippen LogP contribution in [-0.2, 0) is 20.0 Å². The fourth-order valence-corrected chi connectivity index (χ4v) is 2.94. The predicted molar refractivity (Wildman–Crippen MR) is 54.2 cm³/mol. The average molecular weight is 240 g/mol. The van der Waals surface area contributed by atoms with Gasteiger partial charge in [0.15, 0.2) is 9.84 Å². The minimum absolute atomic E-state index is 0.355. The Morgan fingerprint density at radius 2 is 1.79 bits per heavy atom. The summed E-state index contributed by atoms with van der Waals surface area (Å²) in [6.07, 6.45) is 2.10. The molecule has 0 bridgehead atoms. The summed E-state index contributed by atoms with van der Waals surface area (Å²) in [7, 11) is -7.73. The van der Waals surface area contributed by atoms with Gasteiger partial charge in [-0.05, 0) is 0 Å². The maximum atomic E-state index is 11.3. The summed E-state index contributed by atoms with van der Waals surface area (Å²) in [6, 6.07) is 0. The van der Waals surface area contributed by atoms with Gasteiger partial charge in [-0.1, -0.05) is 12.2 Å². The molecule has 1 atom stereocenters. The number of nitrogens with two attached hydrogens (primary N) is 1. The van der Waals surface area contributed by atoms with Crippen LogP contribution in [-0.4, -0.2) is 28.0 Å². The molecule has 0 aromatic carbocycles. The Bertz CT molecular complexity index is 409. The van der Waals surface area contributed by atoms with E-state index in [0.717, 1.165) is 12.2 Å². The lowest BCUT2D eigenvalue weighted by molar-refractivity contribution is 0.569. The standard InChI is InChI=1S/C6H12N2O4S2/c1-3-5-13(9,10)6(4-2)8-14(7,11)12/h3-4,6,8H,1-2,5H2,(H2,7,11,12). The summed E-state index contributed by atoms with van der Waals surface area (Å²) in [5.74, 6) is -0.355. The molecule has 82 valence electrons. The SMILES string of the molecule is C=CCS(=O)(=O)C(C=C)NS(N)(=O)=O. The lowest BCUT2D eigenvalue weighted by atomic mass is 10.6. The average Bonchev–Trinajstić information content (AvgIpc) is 1.98. The quantitative estimate of drug-likeness (QED) is 0.574. The van der Waals surface area contributed by atoms with Crippen LogP contribution in [0.1, 0.15) is 0 Å². The van der Waals surface area contributed by atoms with Crippen LogP contribution in [0, 0.1) is 0 Å². The molecular weight excluding hydrogens is 228 g/mol. The fraction of sp³-hybridized carbons (Fsp3) is 0.333. The lowest BCUT2D eigenvalue weighted by Gasteiger charge is -2.12. The number of rotatable bonds is 6. The molecule has 0 saturated carbocycles. The molecule has 3 N–H and O–H groups in total. The molecule has 8 heteroatoms. The third-order valence-corrected chi connectivity index (χ3v) is 3.75. The molecule has 0 aromatic rings. The van der Waals surface area contributed by atoms with E-state index in [0.29, 0.717) is 0 Å². The minimum atomic E-state index is -4.07. The Kier molecular flexibility index (Phi) is 4.46. The normalized spacial score (nSPS) is 14.6. The summed E-state index contributed by atoms with van der Waals surface area (Å²) in [5, 5.41) is 3.21. The second kappa shape index (κ2) is 4.69. The number of hydrogen-bond acceptors (Lipinski definition) is 4. The second-order valence-corrected chi connectivity index (χ2v) is 5.93. The first-order chi connectivity index (χ1) is 6.23. The van der Waals surface area contributed by atoms with Crippen LogP contribution in [0.4, 0.5) is 0 Å². The highest BCUT2D eigenvalue weighted by Crippen LogP contribution is 2.01. The number of sulfone groups is 1. The van der Waals surface area contributed by atoms with Gasteiger partial charge in [0.05, 0.1) is 5.75 Å². The molecule has 14 heavy (non-hydrogen) atoms. The van der Waals surface area contributed by atoms with Gasteiger partial charge in [-0.3, -0.25) is 0 Å². The molecule has 0 aromatic heterocycles. The molecule has 0 fully saturated rings. The fourth-order valence-electron chi connectivity index (χ4n) is 0.698. The third kappa shape index (κ3) is 4.51. The predicted octanol–water partition coefficient (Wildman–Crippen LogP) is -1.11. The van der Waals surface area contributed by atoms with E-state index in [1.54, 1.807) is 4.72 Å². The highest BCUT2D eigenvalue weighted by molar-refractivity contribution is 7.94. The van der Waals surface area contributed by atoms with Gasteiger partial charge < -0.3 is 0 Å². The molecule has 0 saturated heterocycles. The van der Waals surface area contributed by atoms with Crippen LogP contribution in [0.2, 0.25) is 0 Å². The number of nitrogens with one attached hydrogen (secondary N) is 1. The summed E-state index contributed by atoms with van der Waals surface area (Å²) in [6.45, 7) is 6.43. The molecule has 0 radical (unpaired) electrons. The van der Waals surface area contributed by atoms with Crippen LogP contribution in [0.3, 0.4) is 0 Å². The van der Waals surface area contributed by atoms with Crippen LogP contribution in [0.25, 0.3) is 0 Å². The van der Waals surface area contributed by atoms with Gasteiger partial charge in [0.1, 0.15) is 5.37 Å². The van der Waals surface area contributed by atoms with Crippen LogP contribution < -0.4 is 9.86 Å². The van der Waals surface area contributed by atoms with E-state index >= 15 is 0 Å². The van der Waals surface area contributed by atoms with E-state index < -0.39 is 25.4 Å². The zero-order chi connectivity index (χ0) is 11.4. The molecule has 6 nitrogen and oxygen atoms in total. The van der Waals surface area contributed by atoms with Gasteiger partial charge in [-0.15, -0.1) is 13.2 Å². The molecule has 0 heterocycles. The Morgan fingerprint density at radius 1 is 1.29 bits per heavy atom. The summed E-state index contributed by atoms with van der Waals surface area (Å²) < 4.78 is 45.5. The third-order valence-electron chi connectivity index (χ3n) is 1.23. The van der Waals surface area contributed by atoms with Gasteiger partial charge in [0.25, 0.3) is 10.2 Å². The Balaban J connectivity index is 4.92. The molecule has 0 aliphatic rings. The maximum absolute atomic E-state index is 11.3. The van der Waals surface area contributed by atoms with Crippen molar-refractivity contribution in [2.24, 2.45) is 5.14 Å². The van der Waals surface area contributed by atoms with E-state index in [9.17, 15) is 16.8 Å². The number of hydrogen-bond donors (Lipinski definition) is 2. The zero-order valence-corrected chi connectivity index (χ0v) is 9.01. The lowest BCUT2D eigenvalue weighted by Crippen LogP contribution is -2.43. The van der Waals surface area contributed by atoms with Gasteiger partial charge in [0, 0.05) is 0 Å². The van der Waals surface area contributed by atoms with Crippen LogP contribution >= 0.6 is 0 Å². The van der Waals surface area contributed by atoms with Crippen molar-refractivity contribution in [2.75, 3.05) is 5.75 Å². The Morgan fingerprint density at radius 3 is 2.07 bits per heavy atom. The van der Waals surface area contributed by atoms with Gasteiger partial charge in [-0.25, -0.2) is 13.6 Å². The maximum Gasteiger partial charge on any atom is 0.275 e. The van der Waals surface area contributed by atoms with E-state index in [-0.39, 0.29) is 5.75 Å². The summed E-state index contributed by atoms with van der Waals surface area (Å²) >= 11 is 0. The van der Waals surface area contributed by atoms with Crippen molar-refractivity contribution >= 4 is 20.0 Å². The zero-order valence-electron chi connectivity index (χ0n) is 7.38. The Hall–Kier alpha value is -0.700. The van der Waals surface area contributed by atoms with E-state index in [4.69, 9.17) is 0 Å². The van der Waals surface area contributed by atoms with Gasteiger partial charge in [0.2, 0.25) is 0 Å². The molecule has 0 aliphatic heterocycles. The molecule has 0 spiro atoms.